The van der Waals surface area contributed by atoms with Crippen molar-refractivity contribution in [2.24, 2.45) is 0 Å². The summed E-state index contributed by atoms with van der Waals surface area (Å²) in [5.74, 6) is 1.67. The number of nitrogens with zero attached hydrogens (tertiary/aromatic N) is 3. The Morgan fingerprint density at radius 2 is 1.88 bits per heavy atom. The van der Waals surface area contributed by atoms with Gasteiger partial charge in [-0.15, -0.1) is 11.8 Å². The Kier molecular flexibility index (Phi) is 8.36. The molecule has 0 bridgehead atoms. The summed E-state index contributed by atoms with van der Waals surface area (Å²) in [5, 5.41) is 4.10. The van der Waals surface area contributed by atoms with Crippen LogP contribution in [0.15, 0.2) is 82.3 Å². The number of hydrogen-bond donors (Lipinski definition) is 1. The number of piperazine rings is 1. The molecule has 1 unspecified atom stereocenters. The van der Waals surface area contributed by atoms with Gasteiger partial charge >= 0.3 is 0 Å². The molecule has 4 heterocycles. The average molecular weight is 571 g/mol. The highest BCUT2D eigenvalue weighted by molar-refractivity contribution is 7.99. The fourth-order valence-electron chi connectivity index (χ4n) is 5.36. The molecule has 0 radical (unpaired) electrons. The first-order chi connectivity index (χ1) is 20.1. The molecule has 4 aromatic rings. The minimum absolute atomic E-state index is 0.107. The molecular weight excluding hydrogens is 536 g/mol. The Hall–Kier alpha value is -3.66. The van der Waals surface area contributed by atoms with Crippen LogP contribution in [0.2, 0.25) is 0 Å². The summed E-state index contributed by atoms with van der Waals surface area (Å²) in [6.45, 7) is 6.34. The topological polar surface area (TPSA) is 87.9 Å². The van der Waals surface area contributed by atoms with E-state index in [4.69, 9.17) is 9.15 Å². The second kappa shape index (κ2) is 12.5. The number of aryl methyl sites for hydroxylation is 1. The first-order valence-corrected chi connectivity index (χ1v) is 15.2. The average Bonchev–Trinajstić information content (AvgIpc) is 3.51. The quantitative estimate of drug-likeness (QED) is 0.311. The van der Waals surface area contributed by atoms with Gasteiger partial charge in [-0.25, -0.2) is 0 Å². The zero-order valence-electron chi connectivity index (χ0n) is 23.1. The molecule has 1 N–H and O–H groups in total. The monoisotopic (exact) mass is 570 g/mol. The van der Waals surface area contributed by atoms with Gasteiger partial charge in [0.1, 0.15) is 5.58 Å². The summed E-state index contributed by atoms with van der Waals surface area (Å²) in [7, 11) is 0. The number of aromatic nitrogens is 1. The maximum atomic E-state index is 13.4. The minimum atomic E-state index is -0.165. The van der Waals surface area contributed by atoms with Crippen molar-refractivity contribution >= 4 is 28.6 Å². The summed E-state index contributed by atoms with van der Waals surface area (Å²) >= 11 is 1.76. The molecule has 8 nitrogen and oxygen atoms in total. The number of para-hydroxylation sites is 1. The predicted octanol–water partition coefficient (Wildman–Crippen LogP) is 4.48. The molecule has 2 saturated heterocycles. The van der Waals surface area contributed by atoms with Crippen LogP contribution in [0.4, 0.5) is 0 Å². The van der Waals surface area contributed by atoms with Crippen molar-refractivity contribution in [3.8, 4) is 17.1 Å². The van der Waals surface area contributed by atoms with Gasteiger partial charge in [-0.3, -0.25) is 24.8 Å². The van der Waals surface area contributed by atoms with E-state index in [1.165, 1.54) is 0 Å². The van der Waals surface area contributed by atoms with Crippen LogP contribution in [0.5, 0.6) is 5.75 Å². The number of thioether (sulfide) groups is 1. The highest BCUT2D eigenvalue weighted by Gasteiger charge is 2.34. The highest BCUT2D eigenvalue weighted by Crippen LogP contribution is 2.33. The van der Waals surface area contributed by atoms with Crippen LogP contribution in [-0.4, -0.2) is 71.8 Å². The molecule has 6 rings (SSSR count). The van der Waals surface area contributed by atoms with Gasteiger partial charge in [0.2, 0.25) is 17.1 Å². The molecule has 2 fully saturated rings. The highest BCUT2D eigenvalue weighted by atomic mass is 32.2. The maximum Gasteiger partial charge on any atom is 0.240 e. The van der Waals surface area contributed by atoms with Crippen LogP contribution < -0.4 is 15.5 Å². The van der Waals surface area contributed by atoms with E-state index in [0.29, 0.717) is 36.4 Å². The van der Waals surface area contributed by atoms with Gasteiger partial charge in [-0.1, -0.05) is 48.0 Å². The third-order valence-corrected chi connectivity index (χ3v) is 8.95. The van der Waals surface area contributed by atoms with E-state index in [9.17, 15) is 9.59 Å². The molecule has 0 spiro atoms. The summed E-state index contributed by atoms with van der Waals surface area (Å²) in [6, 6.07) is 19.0. The van der Waals surface area contributed by atoms with Crippen LogP contribution in [-0.2, 0) is 4.79 Å². The second-order valence-electron chi connectivity index (χ2n) is 10.5. The molecule has 212 valence electrons. The first kappa shape index (κ1) is 27.5. The molecule has 2 aliphatic heterocycles. The number of carbonyl (C=O) groups excluding carboxylic acids is 1. The van der Waals surface area contributed by atoms with Crippen molar-refractivity contribution in [2.75, 3.05) is 45.1 Å². The number of ether oxygens (including phenoxy) is 1. The number of amides is 1. The largest absolute Gasteiger partial charge is 0.486 e. The lowest BCUT2D eigenvalue weighted by atomic mass is 10.1. The maximum absolute atomic E-state index is 13.4. The van der Waals surface area contributed by atoms with Crippen molar-refractivity contribution < 1.29 is 13.9 Å². The molecule has 0 saturated carbocycles. The van der Waals surface area contributed by atoms with Crippen LogP contribution in [0.25, 0.3) is 22.3 Å². The molecular formula is C32H34N4O4S. The van der Waals surface area contributed by atoms with E-state index in [0.717, 1.165) is 48.5 Å². The lowest BCUT2D eigenvalue weighted by Gasteiger charge is -2.36. The van der Waals surface area contributed by atoms with Crippen LogP contribution in [0.1, 0.15) is 22.9 Å². The third kappa shape index (κ3) is 6.17. The summed E-state index contributed by atoms with van der Waals surface area (Å²) in [5.41, 5.74) is 3.45. The van der Waals surface area contributed by atoms with E-state index in [-0.39, 0.29) is 28.5 Å². The fourth-order valence-corrected chi connectivity index (χ4v) is 6.58. The van der Waals surface area contributed by atoms with Crippen molar-refractivity contribution in [1.82, 2.24) is 20.1 Å². The van der Waals surface area contributed by atoms with Crippen LogP contribution in [0, 0.1) is 6.92 Å². The molecule has 2 aromatic carbocycles. The van der Waals surface area contributed by atoms with E-state index >= 15 is 0 Å². The fraction of sp³-hybridized carbons (Fsp3) is 0.344. The van der Waals surface area contributed by atoms with Crippen molar-refractivity contribution in [1.29, 1.82) is 0 Å². The Morgan fingerprint density at radius 3 is 2.66 bits per heavy atom. The smallest absolute Gasteiger partial charge is 0.240 e. The van der Waals surface area contributed by atoms with Crippen molar-refractivity contribution in [3.63, 3.8) is 0 Å². The molecule has 0 aliphatic carbocycles. The number of hydrogen-bond acceptors (Lipinski definition) is 8. The SMILES string of the molecule is Cc1ccc(-c2oc3ccccc3c(=O)c2OCCCN2CCN(C(=O)[C@@H]3CSC(c4cccnc4)N3)CC2)cc1. The molecule has 41 heavy (non-hydrogen) atoms. The van der Waals surface area contributed by atoms with Crippen molar-refractivity contribution in [2.45, 2.75) is 24.8 Å². The van der Waals surface area contributed by atoms with Gasteiger partial charge in [-0.05, 0) is 37.1 Å². The van der Waals surface area contributed by atoms with Gasteiger partial charge in [0.15, 0.2) is 5.76 Å². The van der Waals surface area contributed by atoms with Gasteiger partial charge < -0.3 is 14.1 Å². The zero-order chi connectivity index (χ0) is 28.2. The van der Waals surface area contributed by atoms with Crippen LogP contribution >= 0.6 is 11.8 Å². The standard InChI is InChI=1S/C32H34N4O4S/c1-22-9-11-23(12-10-22)29-30(28(37)25-7-2-3-8-27(25)40-29)39-19-5-14-35-15-17-36(18-16-35)32(38)26-21-41-31(34-26)24-6-4-13-33-20-24/h2-4,6-13,20,26,31,34H,5,14-19,21H2,1H3/t26-,31?/m0/s1. The normalized spacial score (nSPS) is 19.5. The van der Waals surface area contributed by atoms with Gasteiger partial charge in [0.05, 0.1) is 23.4 Å². The zero-order valence-corrected chi connectivity index (χ0v) is 23.9. The second-order valence-corrected chi connectivity index (χ2v) is 11.7. The lowest BCUT2D eigenvalue weighted by Crippen LogP contribution is -2.53. The number of pyridine rings is 1. The number of rotatable bonds is 8. The number of carbonyl (C=O) groups is 1. The van der Waals surface area contributed by atoms with Gasteiger partial charge in [-0.2, -0.15) is 0 Å². The summed E-state index contributed by atoms with van der Waals surface area (Å²) in [6.07, 6.45) is 4.39. The Labute approximate surface area is 243 Å². The van der Waals surface area contributed by atoms with Crippen molar-refractivity contribution in [3.05, 3.63) is 94.4 Å². The Balaban J connectivity index is 1.02. The molecule has 2 aliphatic rings. The molecule has 1 amide bonds. The number of fused-ring (bicyclic) bond motifs is 1. The third-order valence-electron chi connectivity index (χ3n) is 7.69. The van der Waals surface area contributed by atoms with E-state index in [1.807, 2.05) is 72.6 Å². The molecule has 9 heteroatoms. The molecule has 2 aromatic heterocycles. The number of benzene rings is 2. The van der Waals surface area contributed by atoms with E-state index in [1.54, 1.807) is 24.0 Å². The van der Waals surface area contributed by atoms with Gasteiger partial charge in [0, 0.05) is 56.4 Å². The van der Waals surface area contributed by atoms with Gasteiger partial charge in [0.25, 0.3) is 0 Å². The predicted molar refractivity (Wildman–Crippen MR) is 162 cm³/mol. The minimum Gasteiger partial charge on any atom is -0.486 e. The first-order valence-electron chi connectivity index (χ1n) is 14.1. The van der Waals surface area contributed by atoms with E-state index in [2.05, 4.69) is 15.2 Å². The Morgan fingerprint density at radius 1 is 1.07 bits per heavy atom. The number of nitrogens with one attached hydrogen (secondary N) is 1. The summed E-state index contributed by atoms with van der Waals surface area (Å²) in [4.78, 5) is 35.0. The van der Waals surface area contributed by atoms with Crippen LogP contribution in [0.3, 0.4) is 0 Å². The molecule has 2 atom stereocenters. The summed E-state index contributed by atoms with van der Waals surface area (Å²) < 4.78 is 12.3. The Bertz CT molecular complexity index is 1550. The lowest BCUT2D eigenvalue weighted by molar-refractivity contribution is -0.134. The van der Waals surface area contributed by atoms with E-state index < -0.39 is 0 Å².